The Morgan fingerprint density at radius 1 is 1.27 bits per heavy atom. The van der Waals surface area contributed by atoms with E-state index in [4.69, 9.17) is 11.6 Å². The first-order valence-electron chi connectivity index (χ1n) is 7.95. The fraction of sp³-hybridized carbons (Fsp3) is 0.647. The van der Waals surface area contributed by atoms with Gasteiger partial charge in [-0.15, -0.1) is 11.3 Å². The Labute approximate surface area is 140 Å². The minimum absolute atomic E-state index is 0.371. The lowest BCUT2D eigenvalue weighted by Gasteiger charge is -2.39. The highest BCUT2D eigenvalue weighted by atomic mass is 35.5. The maximum Gasteiger partial charge on any atom is 0.225 e. The van der Waals surface area contributed by atoms with Crippen LogP contribution < -0.4 is 4.90 Å². The lowest BCUT2D eigenvalue weighted by Crippen LogP contribution is -2.35. The van der Waals surface area contributed by atoms with Crippen LogP contribution in [0.5, 0.6) is 0 Å². The summed E-state index contributed by atoms with van der Waals surface area (Å²) in [7, 11) is 0. The minimum atomic E-state index is 0.371. The molecule has 1 aliphatic heterocycles. The van der Waals surface area contributed by atoms with Crippen molar-refractivity contribution < 1.29 is 0 Å². The number of halogens is 1. The molecule has 2 aromatic rings. The van der Waals surface area contributed by atoms with Gasteiger partial charge in [0.2, 0.25) is 5.28 Å². The largest absolute Gasteiger partial charge is 0.352 e. The molecule has 2 unspecified atom stereocenters. The number of rotatable bonds is 1. The zero-order valence-electron chi connectivity index (χ0n) is 13.6. The molecule has 2 fully saturated rings. The minimum Gasteiger partial charge on any atom is -0.352 e. The number of fused-ring (bicyclic) bond motifs is 3. The van der Waals surface area contributed by atoms with E-state index in [9.17, 15) is 0 Å². The highest BCUT2D eigenvalue weighted by Crippen LogP contribution is 2.54. The van der Waals surface area contributed by atoms with Crippen molar-refractivity contribution in [3.8, 4) is 0 Å². The zero-order valence-corrected chi connectivity index (χ0v) is 15.2. The molecule has 0 amide bonds. The van der Waals surface area contributed by atoms with Crippen molar-refractivity contribution in [1.82, 2.24) is 9.97 Å². The molecule has 1 saturated carbocycles. The Morgan fingerprint density at radius 2 is 2.05 bits per heavy atom. The predicted octanol–water partition coefficient (Wildman–Crippen LogP) is 5.06. The number of hydrogen-bond donors (Lipinski definition) is 0. The Kier molecular flexibility index (Phi) is 3.06. The Bertz CT molecular complexity index is 754. The average Bonchev–Trinajstić information content (AvgIpc) is 2.83. The van der Waals surface area contributed by atoms with Crippen LogP contribution in [0.15, 0.2) is 6.07 Å². The van der Waals surface area contributed by atoms with E-state index < -0.39 is 0 Å². The molecule has 4 rings (SSSR count). The highest BCUT2D eigenvalue weighted by Gasteiger charge is 2.50. The van der Waals surface area contributed by atoms with Gasteiger partial charge in [-0.25, -0.2) is 4.98 Å². The van der Waals surface area contributed by atoms with E-state index in [1.54, 1.807) is 11.3 Å². The normalized spacial score (nSPS) is 30.2. The summed E-state index contributed by atoms with van der Waals surface area (Å²) in [6, 6.07) is 2.78. The second-order valence-electron chi connectivity index (χ2n) is 8.23. The molecule has 3 nitrogen and oxygen atoms in total. The van der Waals surface area contributed by atoms with Gasteiger partial charge in [-0.3, -0.25) is 0 Å². The smallest absolute Gasteiger partial charge is 0.225 e. The van der Waals surface area contributed by atoms with Crippen LogP contribution >= 0.6 is 22.9 Å². The van der Waals surface area contributed by atoms with Crippen LogP contribution in [0, 0.1) is 17.8 Å². The van der Waals surface area contributed by atoms with E-state index >= 15 is 0 Å². The van der Waals surface area contributed by atoms with Crippen molar-refractivity contribution in [3.05, 3.63) is 16.2 Å². The molecule has 2 bridgehead atoms. The van der Waals surface area contributed by atoms with E-state index in [1.807, 2.05) is 0 Å². The fourth-order valence-corrected chi connectivity index (χ4v) is 6.02. The molecule has 2 aromatic heterocycles. The number of aryl methyl sites for hydroxylation is 1. The fourth-order valence-electron chi connectivity index (χ4n) is 4.93. The van der Waals surface area contributed by atoms with Crippen molar-refractivity contribution in [2.24, 2.45) is 10.8 Å². The second kappa shape index (κ2) is 4.57. The van der Waals surface area contributed by atoms with Crippen LogP contribution in [0.4, 0.5) is 5.82 Å². The predicted molar refractivity (Wildman–Crippen MR) is 94.0 cm³/mol. The number of anilines is 1. The average molecular weight is 336 g/mol. The van der Waals surface area contributed by atoms with E-state index in [0.717, 1.165) is 17.2 Å². The Hall–Kier alpha value is -0.870. The molecule has 5 heteroatoms. The second-order valence-corrected chi connectivity index (χ2v) is 9.81. The molecule has 2 aliphatic rings. The van der Waals surface area contributed by atoms with Crippen LogP contribution in [0.3, 0.4) is 0 Å². The van der Waals surface area contributed by atoms with Crippen molar-refractivity contribution >= 4 is 39.0 Å². The molecule has 118 valence electrons. The van der Waals surface area contributed by atoms with Gasteiger partial charge in [0, 0.05) is 17.5 Å². The molecule has 0 radical (unpaired) electrons. The molecule has 2 atom stereocenters. The van der Waals surface area contributed by atoms with E-state index in [2.05, 4.69) is 48.6 Å². The van der Waals surface area contributed by atoms with Gasteiger partial charge in [0.25, 0.3) is 0 Å². The van der Waals surface area contributed by atoms with Gasteiger partial charge in [0.15, 0.2) is 0 Å². The van der Waals surface area contributed by atoms with Crippen molar-refractivity contribution in [2.75, 3.05) is 11.4 Å². The topological polar surface area (TPSA) is 29.0 Å². The summed E-state index contributed by atoms with van der Waals surface area (Å²) in [5.41, 5.74) is 0.800. The summed E-state index contributed by atoms with van der Waals surface area (Å²) in [4.78, 5) is 13.8. The van der Waals surface area contributed by atoms with Gasteiger partial charge in [-0.1, -0.05) is 20.8 Å². The van der Waals surface area contributed by atoms with Crippen molar-refractivity contribution in [1.29, 1.82) is 0 Å². The maximum atomic E-state index is 6.20. The molecular weight excluding hydrogens is 314 g/mol. The van der Waals surface area contributed by atoms with Gasteiger partial charge in [-0.2, -0.15) is 4.98 Å². The summed E-state index contributed by atoms with van der Waals surface area (Å²) < 4.78 is 0. The summed E-state index contributed by atoms with van der Waals surface area (Å²) in [6.07, 6.45) is 3.79. The van der Waals surface area contributed by atoms with Gasteiger partial charge in [0.05, 0.1) is 5.39 Å². The third-order valence-electron chi connectivity index (χ3n) is 5.16. The molecule has 0 aromatic carbocycles. The third-order valence-corrected chi connectivity index (χ3v) is 6.27. The molecule has 0 spiro atoms. The van der Waals surface area contributed by atoms with Crippen molar-refractivity contribution in [3.63, 3.8) is 0 Å². The zero-order chi connectivity index (χ0) is 15.7. The summed E-state index contributed by atoms with van der Waals surface area (Å²) in [5, 5.41) is 1.54. The number of nitrogens with zero attached hydrogens (tertiary/aromatic N) is 3. The molecule has 0 N–H and O–H groups in total. The Balaban J connectivity index is 1.83. The number of hydrogen-bond acceptors (Lipinski definition) is 4. The van der Waals surface area contributed by atoms with Crippen LogP contribution in [0.2, 0.25) is 5.28 Å². The molecule has 3 heterocycles. The highest BCUT2D eigenvalue weighted by molar-refractivity contribution is 7.18. The third kappa shape index (κ3) is 2.31. The molecule has 1 saturated heterocycles. The van der Waals surface area contributed by atoms with E-state index in [1.165, 1.54) is 29.5 Å². The van der Waals surface area contributed by atoms with Gasteiger partial charge in [-0.05, 0) is 54.7 Å². The first-order chi connectivity index (χ1) is 10.2. The lowest BCUT2D eigenvalue weighted by atomic mass is 9.65. The SMILES string of the molecule is Cc1cc2c(N3CC4(C)CC3CC(C)(C)C4)nc(Cl)nc2s1. The molecule has 22 heavy (non-hydrogen) atoms. The van der Waals surface area contributed by atoms with Crippen LogP contribution in [0.25, 0.3) is 10.2 Å². The summed E-state index contributed by atoms with van der Waals surface area (Å²) in [5.74, 6) is 1.05. The first kappa shape index (κ1) is 14.7. The monoisotopic (exact) mass is 335 g/mol. The molecular formula is C17H22ClN3S. The van der Waals surface area contributed by atoms with E-state index in [0.29, 0.717) is 22.2 Å². The quantitative estimate of drug-likeness (QED) is 0.682. The standard InChI is InChI=1S/C17H22ClN3S/c1-10-5-12-13(19-15(18)20-14(12)22-10)21-9-17(4)7-11(21)6-16(2,3)8-17/h5,11H,6-9H2,1-4H3. The summed E-state index contributed by atoms with van der Waals surface area (Å²) >= 11 is 7.90. The van der Waals surface area contributed by atoms with Gasteiger partial charge < -0.3 is 4.90 Å². The number of aromatic nitrogens is 2. The first-order valence-corrected chi connectivity index (χ1v) is 9.15. The number of thiophene rings is 1. The van der Waals surface area contributed by atoms with Crippen LogP contribution in [-0.2, 0) is 0 Å². The van der Waals surface area contributed by atoms with Crippen molar-refractivity contribution in [2.45, 2.75) is 53.0 Å². The van der Waals surface area contributed by atoms with Crippen LogP contribution in [-0.4, -0.2) is 22.6 Å². The Morgan fingerprint density at radius 3 is 2.82 bits per heavy atom. The van der Waals surface area contributed by atoms with Gasteiger partial charge >= 0.3 is 0 Å². The van der Waals surface area contributed by atoms with Crippen LogP contribution in [0.1, 0.15) is 44.9 Å². The van der Waals surface area contributed by atoms with E-state index in [-0.39, 0.29) is 0 Å². The lowest BCUT2D eigenvalue weighted by molar-refractivity contribution is 0.136. The maximum absolute atomic E-state index is 6.20. The molecule has 1 aliphatic carbocycles. The van der Waals surface area contributed by atoms with Gasteiger partial charge in [0.1, 0.15) is 10.6 Å². The summed E-state index contributed by atoms with van der Waals surface area (Å²) in [6.45, 7) is 10.4.